The molecule has 0 bridgehead atoms. The lowest BCUT2D eigenvalue weighted by molar-refractivity contribution is 0.101. The Balaban J connectivity index is 1.70. The van der Waals surface area contributed by atoms with Crippen LogP contribution in [0.5, 0.6) is 0 Å². The van der Waals surface area contributed by atoms with Crippen molar-refractivity contribution in [1.82, 2.24) is 9.78 Å². The van der Waals surface area contributed by atoms with Gasteiger partial charge in [0.1, 0.15) is 5.69 Å². The summed E-state index contributed by atoms with van der Waals surface area (Å²) in [6, 6.07) is 6.00. The smallest absolute Gasteiger partial charge is 0.282 e. The molecule has 2 aliphatic carbocycles. The molecule has 2 aromatic rings. The van der Waals surface area contributed by atoms with Crippen LogP contribution >= 0.6 is 0 Å². The topological polar surface area (TPSA) is 46.9 Å². The largest absolute Gasteiger partial charge is 0.322 e. The van der Waals surface area contributed by atoms with Crippen molar-refractivity contribution in [1.29, 1.82) is 0 Å². The fraction of sp³-hybridized carbons (Fsp3) is 0.524. The van der Waals surface area contributed by atoms with Crippen LogP contribution in [0, 0.1) is 11.8 Å². The first-order valence-corrected chi connectivity index (χ1v) is 9.54. The monoisotopic (exact) mass is 373 g/mol. The van der Waals surface area contributed by atoms with Gasteiger partial charge in [0.25, 0.3) is 12.3 Å². The summed E-state index contributed by atoms with van der Waals surface area (Å²) in [5.41, 5.74) is 2.86. The lowest BCUT2D eigenvalue weighted by Gasteiger charge is -2.54. The third-order valence-electron chi connectivity index (χ3n) is 6.71. The molecule has 0 aliphatic heterocycles. The molecule has 144 valence electrons. The molecule has 1 amide bonds. The standard InChI is InChI=1S/C21H25F2N3O/c1-11(2)21-12(3)8-9-15(21)17-14(21)6-5-7-16(17)24-20(27)13-10-26(4)25-18(13)19(22)23/h5-7,10-12,15,19H,8-9H2,1-4H3,(H,24,27). The molecule has 1 heterocycles. The summed E-state index contributed by atoms with van der Waals surface area (Å²) in [5.74, 6) is 1.01. The molecule has 3 atom stereocenters. The molecule has 6 heteroatoms. The van der Waals surface area contributed by atoms with Gasteiger partial charge < -0.3 is 5.32 Å². The Labute approximate surface area is 158 Å². The molecule has 1 fully saturated rings. The van der Waals surface area contributed by atoms with Crippen molar-refractivity contribution in [3.05, 3.63) is 46.8 Å². The van der Waals surface area contributed by atoms with Crippen LogP contribution < -0.4 is 5.32 Å². The number of rotatable bonds is 4. The van der Waals surface area contributed by atoms with E-state index >= 15 is 0 Å². The van der Waals surface area contributed by atoms with Crippen molar-refractivity contribution >= 4 is 11.6 Å². The maximum absolute atomic E-state index is 13.2. The van der Waals surface area contributed by atoms with E-state index in [1.54, 1.807) is 0 Å². The average Bonchev–Trinajstić information content (AvgIpc) is 3.10. The van der Waals surface area contributed by atoms with Crippen molar-refractivity contribution < 1.29 is 13.6 Å². The van der Waals surface area contributed by atoms with Gasteiger partial charge in [-0.2, -0.15) is 5.10 Å². The van der Waals surface area contributed by atoms with Crippen LogP contribution in [0.4, 0.5) is 14.5 Å². The summed E-state index contributed by atoms with van der Waals surface area (Å²) in [6.45, 7) is 6.86. The Morgan fingerprint density at radius 2 is 2.07 bits per heavy atom. The zero-order valence-corrected chi connectivity index (χ0v) is 16.1. The van der Waals surface area contributed by atoms with Crippen molar-refractivity contribution in [2.24, 2.45) is 18.9 Å². The van der Waals surface area contributed by atoms with Crippen LogP contribution in [0.1, 0.15) is 73.1 Å². The quantitative estimate of drug-likeness (QED) is 0.817. The molecular formula is C21H25F2N3O. The van der Waals surface area contributed by atoms with E-state index in [1.165, 1.54) is 35.5 Å². The first-order chi connectivity index (χ1) is 12.8. The summed E-state index contributed by atoms with van der Waals surface area (Å²) < 4.78 is 27.6. The van der Waals surface area contributed by atoms with E-state index in [9.17, 15) is 13.6 Å². The number of anilines is 1. The van der Waals surface area contributed by atoms with Gasteiger partial charge in [-0.15, -0.1) is 0 Å². The predicted molar refractivity (Wildman–Crippen MR) is 100 cm³/mol. The zero-order chi connectivity index (χ0) is 19.5. The predicted octanol–water partition coefficient (Wildman–Crippen LogP) is 5.03. The Bertz CT molecular complexity index is 905. The number of nitrogens with one attached hydrogen (secondary N) is 1. The molecule has 4 rings (SSSR count). The summed E-state index contributed by atoms with van der Waals surface area (Å²) in [5, 5.41) is 6.62. The number of fused-ring (bicyclic) bond motifs is 4. The van der Waals surface area contributed by atoms with E-state index in [4.69, 9.17) is 0 Å². The second-order valence-electron chi connectivity index (χ2n) is 8.24. The molecule has 1 saturated carbocycles. The summed E-state index contributed by atoms with van der Waals surface area (Å²) in [4.78, 5) is 12.7. The fourth-order valence-electron chi connectivity index (χ4n) is 5.74. The van der Waals surface area contributed by atoms with Crippen LogP contribution in [0.25, 0.3) is 0 Å². The molecule has 0 spiro atoms. The van der Waals surface area contributed by atoms with E-state index in [0.717, 1.165) is 12.1 Å². The van der Waals surface area contributed by atoms with Crippen LogP contribution in [0.2, 0.25) is 0 Å². The summed E-state index contributed by atoms with van der Waals surface area (Å²) in [7, 11) is 1.54. The normalized spacial score (nSPS) is 26.1. The first kappa shape index (κ1) is 18.1. The minimum absolute atomic E-state index is 0.0701. The fourth-order valence-corrected chi connectivity index (χ4v) is 5.74. The van der Waals surface area contributed by atoms with Gasteiger partial charge in [-0.25, -0.2) is 8.78 Å². The van der Waals surface area contributed by atoms with Crippen molar-refractivity contribution in [3.8, 4) is 0 Å². The van der Waals surface area contributed by atoms with Crippen LogP contribution in [-0.2, 0) is 12.5 Å². The number of carbonyl (C=O) groups is 1. The van der Waals surface area contributed by atoms with E-state index in [2.05, 4.69) is 37.3 Å². The number of carbonyl (C=O) groups excluding carboxylic acids is 1. The molecule has 1 N–H and O–H groups in total. The molecular weight excluding hydrogens is 348 g/mol. The highest BCUT2D eigenvalue weighted by molar-refractivity contribution is 6.05. The third kappa shape index (κ3) is 2.38. The number of amides is 1. The molecule has 0 radical (unpaired) electrons. The highest BCUT2D eigenvalue weighted by atomic mass is 19.3. The highest BCUT2D eigenvalue weighted by Gasteiger charge is 2.60. The second-order valence-corrected chi connectivity index (χ2v) is 8.24. The van der Waals surface area contributed by atoms with Gasteiger partial charge in [-0.05, 0) is 47.8 Å². The van der Waals surface area contributed by atoms with Gasteiger partial charge >= 0.3 is 0 Å². The van der Waals surface area contributed by atoms with E-state index in [1.807, 2.05) is 12.1 Å². The lowest BCUT2D eigenvalue weighted by atomic mass is 9.50. The summed E-state index contributed by atoms with van der Waals surface area (Å²) >= 11 is 0. The Hall–Kier alpha value is -2.24. The van der Waals surface area contributed by atoms with Gasteiger partial charge in [0.15, 0.2) is 0 Å². The van der Waals surface area contributed by atoms with Gasteiger partial charge in [0.2, 0.25) is 0 Å². The average molecular weight is 373 g/mol. The molecule has 1 aromatic heterocycles. The Kier molecular flexibility index (Phi) is 4.13. The van der Waals surface area contributed by atoms with Crippen molar-refractivity contribution in [3.63, 3.8) is 0 Å². The molecule has 1 aromatic carbocycles. The maximum Gasteiger partial charge on any atom is 0.282 e. The SMILES string of the molecule is CC(C)C12c3cccc(NC(=O)c4cn(C)nc4C(F)F)c3C1CCC2C. The van der Waals surface area contributed by atoms with Gasteiger partial charge in [-0.3, -0.25) is 9.48 Å². The van der Waals surface area contributed by atoms with Crippen molar-refractivity contribution in [2.45, 2.75) is 51.4 Å². The Morgan fingerprint density at radius 1 is 1.33 bits per heavy atom. The van der Waals surface area contributed by atoms with Crippen molar-refractivity contribution in [2.75, 3.05) is 5.32 Å². The van der Waals surface area contributed by atoms with Crippen LogP contribution in [-0.4, -0.2) is 15.7 Å². The van der Waals surface area contributed by atoms with Gasteiger partial charge in [0, 0.05) is 24.3 Å². The minimum Gasteiger partial charge on any atom is -0.322 e. The number of aryl methyl sites for hydroxylation is 1. The number of benzene rings is 1. The first-order valence-electron chi connectivity index (χ1n) is 9.54. The lowest BCUT2D eigenvalue weighted by Crippen LogP contribution is -2.48. The van der Waals surface area contributed by atoms with E-state index in [-0.39, 0.29) is 11.0 Å². The number of hydrogen-bond acceptors (Lipinski definition) is 2. The molecule has 2 aliphatic rings. The number of nitrogens with zero attached hydrogens (tertiary/aromatic N) is 2. The van der Waals surface area contributed by atoms with Crippen LogP contribution in [0.15, 0.2) is 24.4 Å². The van der Waals surface area contributed by atoms with Gasteiger partial charge in [-0.1, -0.05) is 32.9 Å². The molecule has 0 saturated heterocycles. The number of aromatic nitrogens is 2. The number of halogens is 2. The maximum atomic E-state index is 13.2. The highest BCUT2D eigenvalue weighted by Crippen LogP contribution is 2.68. The molecule has 4 nitrogen and oxygen atoms in total. The second kappa shape index (κ2) is 6.14. The third-order valence-corrected chi connectivity index (χ3v) is 6.71. The number of alkyl halides is 2. The van der Waals surface area contributed by atoms with Gasteiger partial charge in [0.05, 0.1) is 5.56 Å². The molecule has 27 heavy (non-hydrogen) atoms. The zero-order valence-electron chi connectivity index (χ0n) is 16.1. The van der Waals surface area contributed by atoms with E-state index < -0.39 is 18.0 Å². The van der Waals surface area contributed by atoms with Crippen LogP contribution in [0.3, 0.4) is 0 Å². The summed E-state index contributed by atoms with van der Waals surface area (Å²) in [6.07, 6.45) is 0.842. The Morgan fingerprint density at radius 3 is 2.74 bits per heavy atom. The molecule has 3 unspecified atom stereocenters. The number of hydrogen-bond donors (Lipinski definition) is 1. The minimum atomic E-state index is -2.78. The van der Waals surface area contributed by atoms with E-state index in [0.29, 0.717) is 17.8 Å².